The van der Waals surface area contributed by atoms with Crippen LogP contribution in [0.2, 0.25) is 0 Å². The normalized spacial score (nSPS) is 12.4. The van der Waals surface area contributed by atoms with E-state index in [1.165, 1.54) is 0 Å². The van der Waals surface area contributed by atoms with Gasteiger partial charge in [-0.2, -0.15) is 4.98 Å². The molecule has 6 nitrogen and oxygen atoms in total. The van der Waals surface area contributed by atoms with E-state index in [0.29, 0.717) is 17.3 Å². The molecule has 0 aliphatic carbocycles. The monoisotopic (exact) mass is 359 g/mol. The fourth-order valence-corrected chi connectivity index (χ4v) is 3.80. The van der Waals surface area contributed by atoms with Crippen LogP contribution in [0.25, 0.3) is 11.0 Å². The molecule has 132 valence electrons. The zero-order chi connectivity index (χ0) is 18.0. The minimum atomic E-state index is -1.24. The van der Waals surface area contributed by atoms with E-state index >= 15 is 0 Å². The van der Waals surface area contributed by atoms with E-state index in [0.717, 1.165) is 39.4 Å². The fraction of sp³-hybridized carbons (Fsp3) is 0.333. The predicted molar refractivity (Wildman–Crippen MR) is 97.9 cm³/mol. The summed E-state index contributed by atoms with van der Waals surface area (Å²) in [7, 11) is 3.26. The van der Waals surface area contributed by atoms with Crippen molar-refractivity contribution in [1.29, 1.82) is 0 Å². The van der Waals surface area contributed by atoms with Crippen LogP contribution in [0.5, 0.6) is 11.5 Å². The molecule has 7 heteroatoms. The van der Waals surface area contributed by atoms with Crippen LogP contribution >= 0.6 is 0 Å². The van der Waals surface area contributed by atoms with Crippen molar-refractivity contribution < 1.29 is 14.0 Å². The number of ether oxygens (including phenoxy) is 2. The van der Waals surface area contributed by atoms with Crippen molar-refractivity contribution >= 4 is 22.2 Å². The summed E-state index contributed by atoms with van der Waals surface area (Å²) < 4.78 is 23.2. The Kier molecular flexibility index (Phi) is 5.15. The number of hydrogen-bond donors (Lipinski definition) is 1. The number of pyridine rings is 1. The Morgan fingerprint density at radius 3 is 2.72 bits per heavy atom. The molecule has 0 unspecified atom stereocenters. The van der Waals surface area contributed by atoms with Gasteiger partial charge in [0.2, 0.25) is 0 Å². The zero-order valence-corrected chi connectivity index (χ0v) is 15.6. The highest BCUT2D eigenvalue weighted by atomic mass is 32.2. The number of fused-ring (bicyclic) bond motifs is 1. The van der Waals surface area contributed by atoms with Crippen molar-refractivity contribution in [3.63, 3.8) is 0 Å². The molecule has 0 bridgehead atoms. The highest BCUT2D eigenvalue weighted by molar-refractivity contribution is 7.91. The van der Waals surface area contributed by atoms with Crippen LogP contribution < -0.4 is 9.47 Å². The maximum Gasteiger partial charge on any atom is 0.321 e. The lowest BCUT2D eigenvalue weighted by Crippen LogP contribution is -2.13. The average molecular weight is 359 g/mol. The molecule has 1 N–H and O–H groups in total. The maximum atomic E-state index is 12.6. The Bertz CT molecular complexity index is 895. The Hall–Kier alpha value is -2.25. The molecule has 0 spiro atoms. The summed E-state index contributed by atoms with van der Waals surface area (Å²) >= 11 is -1.24. The maximum absolute atomic E-state index is 12.6. The van der Waals surface area contributed by atoms with Gasteiger partial charge in [0.15, 0.2) is 0 Å². The van der Waals surface area contributed by atoms with Crippen molar-refractivity contribution in [1.82, 2.24) is 15.0 Å². The lowest BCUT2D eigenvalue weighted by atomic mass is 10.1. The largest absolute Gasteiger partial charge is 0.609 e. The van der Waals surface area contributed by atoms with E-state index in [4.69, 9.17) is 9.47 Å². The van der Waals surface area contributed by atoms with E-state index in [1.807, 2.05) is 32.0 Å². The Morgan fingerprint density at radius 2 is 2.00 bits per heavy atom. The van der Waals surface area contributed by atoms with E-state index < -0.39 is 11.2 Å². The summed E-state index contributed by atoms with van der Waals surface area (Å²) in [4.78, 5) is 12.0. The van der Waals surface area contributed by atoms with Crippen molar-refractivity contribution in [3.05, 3.63) is 41.2 Å². The molecular formula is C18H21N3O3S. The number of nitrogens with one attached hydrogen (secondary N) is 1. The second kappa shape index (κ2) is 7.33. The van der Waals surface area contributed by atoms with Gasteiger partial charge in [-0.25, -0.2) is 0 Å². The molecule has 0 aliphatic rings. The van der Waals surface area contributed by atoms with Crippen LogP contribution in [0.1, 0.15) is 16.8 Å². The van der Waals surface area contributed by atoms with Gasteiger partial charge in [0, 0.05) is 41.0 Å². The highest BCUT2D eigenvalue weighted by Gasteiger charge is 2.19. The standard InChI is InChI=1S/C18H21N3O3S/c1-11-10-19-14(12(2)17(11)24-4)7-8-25(22)18-20-15-6-5-13(23-3)9-16(15)21-18/h5-6,9-10H,7-8H2,1-4H3,(H,20,21)/t25-/m0/s1. The van der Waals surface area contributed by atoms with Crippen LogP contribution in [0.4, 0.5) is 0 Å². The topological polar surface area (TPSA) is 83.1 Å². The van der Waals surface area contributed by atoms with Crippen LogP contribution in [0.3, 0.4) is 0 Å². The Balaban J connectivity index is 1.75. The van der Waals surface area contributed by atoms with Gasteiger partial charge in [-0.3, -0.25) is 9.97 Å². The molecule has 0 radical (unpaired) electrons. The van der Waals surface area contributed by atoms with Crippen LogP contribution in [-0.4, -0.2) is 39.5 Å². The molecule has 0 amide bonds. The number of rotatable bonds is 6. The average Bonchev–Trinajstić information content (AvgIpc) is 3.04. The van der Waals surface area contributed by atoms with Crippen molar-refractivity contribution in [2.24, 2.45) is 0 Å². The van der Waals surface area contributed by atoms with Crippen molar-refractivity contribution in [2.45, 2.75) is 25.4 Å². The molecule has 3 rings (SSSR count). The summed E-state index contributed by atoms with van der Waals surface area (Å²) in [5.41, 5.74) is 4.47. The van der Waals surface area contributed by atoms with Gasteiger partial charge >= 0.3 is 5.16 Å². The summed E-state index contributed by atoms with van der Waals surface area (Å²) in [6, 6.07) is 5.54. The second-order valence-electron chi connectivity index (χ2n) is 5.77. The molecule has 2 heterocycles. The third kappa shape index (κ3) is 3.57. The van der Waals surface area contributed by atoms with Crippen LogP contribution in [0.15, 0.2) is 29.6 Å². The third-order valence-electron chi connectivity index (χ3n) is 4.16. The van der Waals surface area contributed by atoms with Gasteiger partial charge in [0.05, 0.1) is 30.9 Å². The van der Waals surface area contributed by atoms with Gasteiger partial charge in [-0.05, 0) is 26.0 Å². The smallest absolute Gasteiger partial charge is 0.321 e. The molecule has 2 aromatic heterocycles. The summed E-state index contributed by atoms with van der Waals surface area (Å²) in [6.07, 6.45) is 2.38. The molecule has 0 fully saturated rings. The van der Waals surface area contributed by atoms with E-state index in [1.54, 1.807) is 20.4 Å². The molecule has 1 aromatic carbocycles. The molecular weight excluding hydrogens is 338 g/mol. The molecule has 3 aromatic rings. The van der Waals surface area contributed by atoms with Gasteiger partial charge in [0.1, 0.15) is 17.3 Å². The number of aromatic amines is 1. The van der Waals surface area contributed by atoms with E-state index in [9.17, 15) is 4.55 Å². The minimum absolute atomic E-state index is 0.441. The molecule has 0 saturated heterocycles. The second-order valence-corrected chi connectivity index (χ2v) is 7.26. The van der Waals surface area contributed by atoms with Gasteiger partial charge in [0.25, 0.3) is 0 Å². The quantitative estimate of drug-likeness (QED) is 0.684. The fourth-order valence-electron chi connectivity index (χ4n) is 2.81. The first-order chi connectivity index (χ1) is 12.0. The number of aryl methyl sites for hydroxylation is 2. The Labute approximate surface area is 149 Å². The van der Waals surface area contributed by atoms with E-state index in [2.05, 4.69) is 15.0 Å². The van der Waals surface area contributed by atoms with Gasteiger partial charge in [-0.1, -0.05) is 0 Å². The first-order valence-corrected chi connectivity index (χ1v) is 9.26. The van der Waals surface area contributed by atoms with E-state index in [-0.39, 0.29) is 0 Å². The lowest BCUT2D eigenvalue weighted by Gasteiger charge is -2.12. The number of aromatic nitrogens is 3. The van der Waals surface area contributed by atoms with Crippen molar-refractivity contribution in [2.75, 3.05) is 20.0 Å². The third-order valence-corrected chi connectivity index (χ3v) is 5.36. The number of nitrogens with zero attached hydrogens (tertiary/aromatic N) is 2. The van der Waals surface area contributed by atoms with Crippen LogP contribution in [0, 0.1) is 13.8 Å². The predicted octanol–water partition coefficient (Wildman–Crippen LogP) is 2.94. The summed E-state index contributed by atoms with van der Waals surface area (Å²) in [5, 5.41) is 0.472. The number of benzene rings is 1. The summed E-state index contributed by atoms with van der Waals surface area (Å²) in [5.74, 6) is 2.01. The number of imidazole rings is 1. The minimum Gasteiger partial charge on any atom is -0.609 e. The molecule has 1 atom stereocenters. The number of methoxy groups -OCH3 is 2. The number of hydrogen-bond acceptors (Lipinski definition) is 5. The highest BCUT2D eigenvalue weighted by Crippen LogP contribution is 2.25. The van der Waals surface area contributed by atoms with Crippen molar-refractivity contribution in [3.8, 4) is 11.5 Å². The van der Waals surface area contributed by atoms with Gasteiger partial charge < -0.3 is 14.0 Å². The lowest BCUT2D eigenvalue weighted by molar-refractivity contribution is 0.407. The SMILES string of the molecule is COc1ccc2[nH]c([S@@+]([O-])CCc3ncc(C)c(OC)c3C)nc2c1. The molecule has 0 saturated carbocycles. The van der Waals surface area contributed by atoms with Gasteiger partial charge in [-0.15, -0.1) is 0 Å². The molecule has 0 aliphatic heterocycles. The Morgan fingerprint density at radius 1 is 1.20 bits per heavy atom. The first-order valence-electron chi connectivity index (χ1n) is 7.94. The zero-order valence-electron chi connectivity index (χ0n) is 14.8. The van der Waals surface area contributed by atoms with Crippen LogP contribution in [-0.2, 0) is 17.6 Å². The summed E-state index contributed by atoms with van der Waals surface area (Å²) in [6.45, 7) is 3.94. The first kappa shape index (κ1) is 17.6. The molecule has 25 heavy (non-hydrogen) atoms. The number of H-pyrrole nitrogens is 1.